The van der Waals surface area contributed by atoms with E-state index < -0.39 is 0 Å². The Hall–Kier alpha value is -2.53. The molecule has 0 spiro atoms. The van der Waals surface area contributed by atoms with Gasteiger partial charge in [0.1, 0.15) is 11.6 Å². The summed E-state index contributed by atoms with van der Waals surface area (Å²) in [7, 11) is 0. The fourth-order valence-electron chi connectivity index (χ4n) is 4.00. The first-order valence-electron chi connectivity index (χ1n) is 12.3. The maximum Gasteiger partial charge on any atom is 0.258 e. The van der Waals surface area contributed by atoms with Crippen molar-refractivity contribution in [3.63, 3.8) is 0 Å². The van der Waals surface area contributed by atoms with Crippen LogP contribution < -0.4 is 10.1 Å². The number of imidazole rings is 1. The number of hydrogen-bond acceptors (Lipinski definition) is 3. The minimum atomic E-state index is -0.174. The number of aromatic nitrogens is 2. The number of benzene rings is 2. The number of aryl methyl sites for hydroxylation is 1. The van der Waals surface area contributed by atoms with Crippen molar-refractivity contribution in [2.24, 2.45) is 0 Å². The van der Waals surface area contributed by atoms with Gasteiger partial charge in [0.25, 0.3) is 5.91 Å². The molecule has 0 fully saturated rings. The lowest BCUT2D eigenvalue weighted by Gasteiger charge is -2.11. The minimum absolute atomic E-state index is 0.0416. The third kappa shape index (κ3) is 8.39. The average Bonchev–Trinajstić information content (AvgIpc) is 3.19. The van der Waals surface area contributed by atoms with Crippen molar-refractivity contribution < 1.29 is 9.53 Å². The first kappa shape index (κ1) is 25.1. The second-order valence-electron chi connectivity index (χ2n) is 8.52. The van der Waals surface area contributed by atoms with Crippen molar-refractivity contribution >= 4 is 28.5 Å². The van der Waals surface area contributed by atoms with Gasteiger partial charge in [-0.25, -0.2) is 4.98 Å². The van der Waals surface area contributed by atoms with Gasteiger partial charge in [-0.05, 0) is 42.8 Å². The predicted molar refractivity (Wildman–Crippen MR) is 136 cm³/mol. The molecule has 1 amide bonds. The third-order valence-electron chi connectivity index (χ3n) is 5.85. The van der Waals surface area contributed by atoms with E-state index in [2.05, 4.69) is 22.9 Å². The summed E-state index contributed by atoms with van der Waals surface area (Å²) in [5.41, 5.74) is 2.09. The number of hydrogen-bond donors (Lipinski definition) is 1. The number of rotatable bonds is 15. The number of carbonyl (C=O) groups is 1. The highest BCUT2D eigenvalue weighted by atomic mass is 35.5. The Labute approximate surface area is 202 Å². The molecule has 0 radical (unpaired) electrons. The molecule has 33 heavy (non-hydrogen) atoms. The molecule has 1 aromatic heterocycles. The topological polar surface area (TPSA) is 56.2 Å². The molecule has 3 aromatic rings. The largest absolute Gasteiger partial charge is 0.484 e. The zero-order valence-electron chi connectivity index (χ0n) is 19.7. The summed E-state index contributed by atoms with van der Waals surface area (Å²) in [4.78, 5) is 17.1. The zero-order valence-corrected chi connectivity index (χ0v) is 20.4. The summed E-state index contributed by atoms with van der Waals surface area (Å²) >= 11 is 5.88. The van der Waals surface area contributed by atoms with E-state index in [1.54, 1.807) is 24.3 Å². The standard InChI is InChI=1S/C27H36ClN3O2/c1-2-3-4-5-6-7-8-9-12-19-31-25-14-11-10-13-24(25)30-26(31)20-29-27(32)21-33-23-17-15-22(28)16-18-23/h10-11,13-18H,2-9,12,19-21H2,1H3,(H,29,32). The highest BCUT2D eigenvalue weighted by Crippen LogP contribution is 2.18. The smallest absolute Gasteiger partial charge is 0.258 e. The van der Waals surface area contributed by atoms with Crippen molar-refractivity contribution in [1.29, 1.82) is 0 Å². The lowest BCUT2D eigenvalue weighted by Crippen LogP contribution is -2.29. The van der Waals surface area contributed by atoms with Crippen LogP contribution in [0.2, 0.25) is 5.02 Å². The lowest BCUT2D eigenvalue weighted by molar-refractivity contribution is -0.123. The monoisotopic (exact) mass is 469 g/mol. The fraction of sp³-hybridized carbons (Fsp3) is 0.481. The van der Waals surface area contributed by atoms with E-state index in [4.69, 9.17) is 21.3 Å². The normalized spacial score (nSPS) is 11.1. The number of ether oxygens (including phenoxy) is 1. The van der Waals surface area contributed by atoms with Crippen LogP contribution in [0.1, 0.15) is 70.5 Å². The Morgan fingerprint density at radius 3 is 2.33 bits per heavy atom. The Morgan fingerprint density at radius 1 is 0.939 bits per heavy atom. The van der Waals surface area contributed by atoms with Gasteiger partial charge in [0.2, 0.25) is 0 Å². The number of para-hydroxylation sites is 2. The molecule has 0 unspecified atom stereocenters. The SMILES string of the molecule is CCCCCCCCCCCn1c(CNC(=O)COc2ccc(Cl)cc2)nc2ccccc21. The number of nitrogens with zero attached hydrogens (tertiary/aromatic N) is 2. The molecule has 1 N–H and O–H groups in total. The van der Waals surface area contributed by atoms with Gasteiger partial charge in [-0.3, -0.25) is 4.79 Å². The van der Waals surface area contributed by atoms with E-state index in [1.807, 2.05) is 18.2 Å². The molecule has 2 aromatic carbocycles. The second kappa shape index (κ2) is 13.9. The fourth-order valence-corrected chi connectivity index (χ4v) is 4.12. The van der Waals surface area contributed by atoms with Crippen LogP contribution in [0, 0.1) is 0 Å². The molecule has 0 aliphatic heterocycles. The first-order chi connectivity index (χ1) is 16.2. The molecule has 1 heterocycles. The van der Waals surface area contributed by atoms with Crippen molar-refractivity contribution in [2.75, 3.05) is 6.61 Å². The summed E-state index contributed by atoms with van der Waals surface area (Å²) in [6, 6.07) is 15.1. The number of nitrogens with one attached hydrogen (secondary N) is 1. The van der Waals surface area contributed by atoms with Crippen molar-refractivity contribution in [3.05, 3.63) is 59.4 Å². The molecule has 0 saturated carbocycles. The maximum atomic E-state index is 12.3. The summed E-state index contributed by atoms with van der Waals surface area (Å²) < 4.78 is 7.78. The van der Waals surface area contributed by atoms with Gasteiger partial charge in [0.05, 0.1) is 17.6 Å². The molecule has 178 valence electrons. The highest BCUT2D eigenvalue weighted by Gasteiger charge is 2.12. The third-order valence-corrected chi connectivity index (χ3v) is 6.10. The Morgan fingerprint density at radius 2 is 1.61 bits per heavy atom. The second-order valence-corrected chi connectivity index (χ2v) is 8.95. The molecule has 0 bridgehead atoms. The van der Waals surface area contributed by atoms with Crippen molar-refractivity contribution in [3.8, 4) is 5.75 Å². The molecule has 0 saturated heterocycles. The molecule has 5 nitrogen and oxygen atoms in total. The number of halogens is 1. The number of unbranched alkanes of at least 4 members (excludes halogenated alkanes) is 8. The summed E-state index contributed by atoms with van der Waals surface area (Å²) in [6.45, 7) is 3.52. The molecule has 0 aliphatic rings. The van der Waals surface area contributed by atoms with E-state index in [0.29, 0.717) is 17.3 Å². The van der Waals surface area contributed by atoms with Crippen LogP contribution in [0.4, 0.5) is 0 Å². The van der Waals surface area contributed by atoms with E-state index in [-0.39, 0.29) is 12.5 Å². The van der Waals surface area contributed by atoms with Crippen LogP contribution in [-0.2, 0) is 17.9 Å². The van der Waals surface area contributed by atoms with Gasteiger partial charge in [0, 0.05) is 11.6 Å². The minimum Gasteiger partial charge on any atom is -0.484 e. The number of amides is 1. The van der Waals surface area contributed by atoms with Crippen molar-refractivity contribution in [2.45, 2.75) is 77.8 Å². The van der Waals surface area contributed by atoms with E-state index in [0.717, 1.165) is 29.8 Å². The molecule has 0 atom stereocenters. The van der Waals surface area contributed by atoms with Crippen LogP contribution in [0.5, 0.6) is 5.75 Å². The molecule has 3 rings (SSSR count). The molecule has 0 aliphatic carbocycles. The Balaban J connectivity index is 1.46. The van der Waals surface area contributed by atoms with Crippen LogP contribution >= 0.6 is 11.6 Å². The highest BCUT2D eigenvalue weighted by molar-refractivity contribution is 6.30. The lowest BCUT2D eigenvalue weighted by atomic mass is 10.1. The van der Waals surface area contributed by atoms with Gasteiger partial charge in [-0.1, -0.05) is 82.0 Å². The van der Waals surface area contributed by atoms with Gasteiger partial charge in [0.15, 0.2) is 6.61 Å². The Kier molecular flexibility index (Phi) is 10.6. The van der Waals surface area contributed by atoms with Crippen LogP contribution in [-0.4, -0.2) is 22.1 Å². The van der Waals surface area contributed by atoms with Gasteiger partial charge in [-0.2, -0.15) is 0 Å². The molecule has 6 heteroatoms. The van der Waals surface area contributed by atoms with Gasteiger partial charge in [-0.15, -0.1) is 0 Å². The predicted octanol–water partition coefficient (Wildman–Crippen LogP) is 6.92. The van der Waals surface area contributed by atoms with Crippen LogP contribution in [0.3, 0.4) is 0 Å². The molecular weight excluding hydrogens is 434 g/mol. The maximum absolute atomic E-state index is 12.3. The summed E-state index contributed by atoms with van der Waals surface area (Å²) in [5, 5.41) is 3.58. The zero-order chi connectivity index (χ0) is 23.3. The first-order valence-corrected chi connectivity index (χ1v) is 12.6. The van der Waals surface area contributed by atoms with Crippen LogP contribution in [0.25, 0.3) is 11.0 Å². The quantitative estimate of drug-likeness (QED) is 0.246. The van der Waals surface area contributed by atoms with Gasteiger partial charge < -0.3 is 14.6 Å². The summed E-state index contributed by atoms with van der Waals surface area (Å²) in [5.74, 6) is 1.33. The molecular formula is C27H36ClN3O2. The van der Waals surface area contributed by atoms with Gasteiger partial charge >= 0.3 is 0 Å². The van der Waals surface area contributed by atoms with E-state index >= 15 is 0 Å². The van der Waals surface area contributed by atoms with E-state index in [9.17, 15) is 4.79 Å². The van der Waals surface area contributed by atoms with E-state index in [1.165, 1.54) is 51.4 Å². The number of carbonyl (C=O) groups excluding carboxylic acids is 1. The number of fused-ring (bicyclic) bond motifs is 1. The Bertz CT molecular complexity index is 985. The average molecular weight is 470 g/mol. The van der Waals surface area contributed by atoms with Crippen LogP contribution in [0.15, 0.2) is 48.5 Å². The summed E-state index contributed by atoms with van der Waals surface area (Å²) in [6.07, 6.45) is 11.7. The van der Waals surface area contributed by atoms with Crippen molar-refractivity contribution in [1.82, 2.24) is 14.9 Å².